The molecule has 14 heteroatoms. The zero-order chi connectivity index (χ0) is 59.5. The molecule has 2 fully saturated rings. The minimum Gasteiger partial charge on any atom is -0.394 e. The van der Waals surface area contributed by atoms with Gasteiger partial charge in [-0.15, -0.1) is 0 Å². The molecule has 82 heavy (non-hydrogen) atoms. The molecule has 468 valence electrons. The third kappa shape index (κ3) is 36.3. The Morgan fingerprint density at radius 3 is 1.29 bits per heavy atom. The number of aliphatic hydroxyl groups excluding tert-OH is 8. The van der Waals surface area contributed by atoms with E-state index in [2.05, 4.69) is 141 Å². The second kappa shape index (κ2) is 51.8. The van der Waals surface area contributed by atoms with Crippen molar-refractivity contribution >= 4 is 5.91 Å². The SMILES string of the molecule is CC/C=C\C/C=C\C/C=C\C/C=C\C/C=C\C/C=C\C/C=C\C/C=C\C/C=C\C/C=C\CCCCCCCCC(=O)NC(COC1OC(CO)C(OC2OC(CO)C(O)C(O)C2O)C(O)C1O)C(O)CCCCCCCCCCCCC. The molecule has 0 aromatic heterocycles. The van der Waals surface area contributed by atoms with Crippen molar-refractivity contribution in [3.63, 3.8) is 0 Å². The van der Waals surface area contributed by atoms with Crippen LogP contribution in [0.5, 0.6) is 0 Å². The van der Waals surface area contributed by atoms with Crippen molar-refractivity contribution in [2.75, 3.05) is 19.8 Å². The maximum atomic E-state index is 13.3. The lowest BCUT2D eigenvalue weighted by Crippen LogP contribution is -2.65. The lowest BCUT2D eigenvalue weighted by molar-refractivity contribution is -0.359. The lowest BCUT2D eigenvalue weighted by atomic mass is 9.97. The first-order chi connectivity index (χ1) is 40.1. The summed E-state index contributed by atoms with van der Waals surface area (Å²) in [5, 5.41) is 87.1. The molecule has 2 aliphatic rings. The van der Waals surface area contributed by atoms with Crippen LogP contribution in [0.25, 0.3) is 0 Å². The van der Waals surface area contributed by atoms with E-state index in [4.69, 9.17) is 18.9 Å². The Bertz CT molecular complexity index is 1840. The number of ether oxygens (including phenoxy) is 4. The van der Waals surface area contributed by atoms with E-state index in [-0.39, 0.29) is 18.9 Å². The number of hydrogen-bond acceptors (Lipinski definition) is 13. The Hall–Kier alpha value is -3.61. The van der Waals surface area contributed by atoms with Crippen molar-refractivity contribution in [3.8, 4) is 0 Å². The average Bonchev–Trinajstić information content (AvgIpc) is 3.22. The summed E-state index contributed by atoms with van der Waals surface area (Å²) in [5.74, 6) is -0.228. The number of allylic oxidation sites excluding steroid dienone is 20. The average molecular weight is 1150 g/mol. The fourth-order valence-electron chi connectivity index (χ4n) is 9.62. The molecule has 2 rings (SSSR count). The Kier molecular flexibility index (Phi) is 47.0. The van der Waals surface area contributed by atoms with Gasteiger partial charge in [-0.1, -0.05) is 232 Å². The van der Waals surface area contributed by atoms with Gasteiger partial charge in [-0.05, 0) is 89.9 Å². The minimum absolute atomic E-state index is 0.228. The van der Waals surface area contributed by atoms with E-state index in [1.165, 1.54) is 44.9 Å². The minimum atomic E-state index is -1.79. The summed E-state index contributed by atoms with van der Waals surface area (Å²) < 4.78 is 22.8. The summed E-state index contributed by atoms with van der Waals surface area (Å²) >= 11 is 0. The third-order valence-corrected chi connectivity index (χ3v) is 14.7. The van der Waals surface area contributed by atoms with Gasteiger partial charge in [0.05, 0.1) is 32.0 Å². The standard InChI is InChI=1S/C68H113NO13/c1-3-5-7-9-11-13-15-16-17-18-19-20-21-22-23-24-25-26-27-28-29-30-31-32-33-34-35-36-37-38-39-40-42-44-46-48-50-52-60(73)69-56(57(72)51-49-47-45-43-41-14-12-10-8-6-4-2)55-79-67-65(78)63(76)66(59(54-71)81-67)82-68-64(77)62(75)61(74)58(53-70)80-68/h5,7,11,13,16-17,19-20,22-23,25-26,28-29,31-32,34-35,37-38,56-59,61-68,70-72,74-78H,3-4,6,8-10,12,14-15,18,21,24,27,30,33,36,39-55H2,1-2H3,(H,69,73)/b7-5-,13-11-,17-16-,20-19-,23-22-,26-25-,29-28-,32-31-,35-34-,38-37-. The lowest BCUT2D eigenvalue weighted by Gasteiger charge is -2.46. The summed E-state index contributed by atoms with van der Waals surface area (Å²) in [7, 11) is 0. The molecule has 12 atom stereocenters. The van der Waals surface area contributed by atoms with Crippen molar-refractivity contribution in [1.29, 1.82) is 0 Å². The molecule has 2 aliphatic heterocycles. The summed E-state index contributed by atoms with van der Waals surface area (Å²) in [6.07, 6.45) is 57.8. The van der Waals surface area contributed by atoms with Crippen LogP contribution in [0.15, 0.2) is 122 Å². The van der Waals surface area contributed by atoms with Gasteiger partial charge in [0.1, 0.15) is 48.8 Å². The third-order valence-electron chi connectivity index (χ3n) is 14.7. The van der Waals surface area contributed by atoms with Gasteiger partial charge < -0.3 is 65.1 Å². The highest BCUT2D eigenvalue weighted by molar-refractivity contribution is 5.76. The highest BCUT2D eigenvalue weighted by Gasteiger charge is 2.51. The first-order valence-corrected chi connectivity index (χ1v) is 31.8. The van der Waals surface area contributed by atoms with Gasteiger partial charge in [0.25, 0.3) is 0 Å². The highest BCUT2D eigenvalue weighted by Crippen LogP contribution is 2.30. The number of unbranched alkanes of at least 4 members (excludes halogenated alkanes) is 16. The van der Waals surface area contributed by atoms with Crippen LogP contribution in [0.2, 0.25) is 0 Å². The zero-order valence-electron chi connectivity index (χ0n) is 50.4. The van der Waals surface area contributed by atoms with Crippen molar-refractivity contribution in [2.45, 2.75) is 280 Å². The molecule has 0 aromatic rings. The smallest absolute Gasteiger partial charge is 0.220 e. The summed E-state index contributed by atoms with van der Waals surface area (Å²) in [5.41, 5.74) is 0. The molecule has 14 nitrogen and oxygen atoms in total. The largest absolute Gasteiger partial charge is 0.394 e. The molecule has 0 saturated carbocycles. The number of amides is 1. The number of carbonyl (C=O) groups excluding carboxylic acids is 1. The number of aliphatic hydroxyl groups is 8. The van der Waals surface area contributed by atoms with E-state index in [1.807, 2.05) is 0 Å². The van der Waals surface area contributed by atoms with Gasteiger partial charge in [-0.2, -0.15) is 0 Å². The molecule has 0 radical (unpaired) electrons. The van der Waals surface area contributed by atoms with E-state index < -0.39 is 86.8 Å². The van der Waals surface area contributed by atoms with Crippen LogP contribution >= 0.6 is 0 Å². The van der Waals surface area contributed by atoms with E-state index in [1.54, 1.807) is 0 Å². The monoisotopic (exact) mass is 1150 g/mol. The second-order valence-electron chi connectivity index (χ2n) is 21.8. The van der Waals surface area contributed by atoms with E-state index in [0.717, 1.165) is 128 Å². The normalized spacial score (nSPS) is 24.8. The Balaban J connectivity index is 1.64. The van der Waals surface area contributed by atoms with Crippen molar-refractivity contribution in [3.05, 3.63) is 122 Å². The van der Waals surface area contributed by atoms with Crippen LogP contribution in [0.4, 0.5) is 0 Å². The van der Waals surface area contributed by atoms with Crippen LogP contribution in [0.1, 0.15) is 206 Å². The molecular formula is C68H113NO13. The van der Waals surface area contributed by atoms with Crippen molar-refractivity contribution < 1.29 is 64.6 Å². The molecule has 1 amide bonds. The van der Waals surface area contributed by atoms with Crippen LogP contribution in [-0.4, -0.2) is 140 Å². The summed E-state index contributed by atoms with van der Waals surface area (Å²) in [6, 6.07) is -0.844. The molecule has 12 unspecified atom stereocenters. The molecule has 0 spiro atoms. The Morgan fingerprint density at radius 1 is 0.451 bits per heavy atom. The van der Waals surface area contributed by atoms with Crippen molar-refractivity contribution in [1.82, 2.24) is 5.32 Å². The quantitative estimate of drug-likeness (QED) is 0.0204. The van der Waals surface area contributed by atoms with Gasteiger partial charge in [0, 0.05) is 6.42 Å². The molecule has 0 bridgehead atoms. The van der Waals surface area contributed by atoms with Crippen LogP contribution in [0.3, 0.4) is 0 Å². The molecule has 2 saturated heterocycles. The van der Waals surface area contributed by atoms with E-state index >= 15 is 0 Å². The molecule has 0 aliphatic carbocycles. The van der Waals surface area contributed by atoms with Gasteiger partial charge >= 0.3 is 0 Å². The molecule has 0 aromatic carbocycles. The summed E-state index contributed by atoms with van der Waals surface area (Å²) in [6.45, 7) is 2.70. The Morgan fingerprint density at radius 2 is 0.841 bits per heavy atom. The van der Waals surface area contributed by atoms with Gasteiger partial charge in [0.2, 0.25) is 5.91 Å². The van der Waals surface area contributed by atoms with Crippen molar-refractivity contribution in [2.24, 2.45) is 0 Å². The van der Waals surface area contributed by atoms with Gasteiger partial charge in [0.15, 0.2) is 12.6 Å². The number of carbonyl (C=O) groups is 1. The second-order valence-corrected chi connectivity index (χ2v) is 21.8. The number of rotatable bonds is 49. The number of nitrogens with one attached hydrogen (secondary N) is 1. The topological polar surface area (TPSA) is 228 Å². The maximum absolute atomic E-state index is 13.3. The highest BCUT2D eigenvalue weighted by atomic mass is 16.7. The van der Waals surface area contributed by atoms with Gasteiger partial charge in [-0.3, -0.25) is 4.79 Å². The van der Waals surface area contributed by atoms with Crippen LogP contribution in [0, 0.1) is 0 Å². The predicted octanol–water partition coefficient (Wildman–Crippen LogP) is 11.8. The van der Waals surface area contributed by atoms with Crippen LogP contribution in [-0.2, 0) is 23.7 Å². The predicted molar refractivity (Wildman–Crippen MR) is 332 cm³/mol. The zero-order valence-corrected chi connectivity index (χ0v) is 50.4. The van der Waals surface area contributed by atoms with Crippen LogP contribution < -0.4 is 5.32 Å². The maximum Gasteiger partial charge on any atom is 0.220 e. The fourth-order valence-corrected chi connectivity index (χ4v) is 9.62. The summed E-state index contributed by atoms with van der Waals surface area (Å²) in [4.78, 5) is 13.3. The molecule has 9 N–H and O–H groups in total. The van der Waals surface area contributed by atoms with E-state index in [9.17, 15) is 45.6 Å². The molecular weight excluding hydrogens is 1040 g/mol. The first-order valence-electron chi connectivity index (χ1n) is 31.8. The van der Waals surface area contributed by atoms with Gasteiger partial charge in [-0.25, -0.2) is 0 Å². The van der Waals surface area contributed by atoms with E-state index in [0.29, 0.717) is 12.8 Å². The Labute approximate surface area is 495 Å². The fraction of sp³-hybridized carbons (Fsp3) is 0.691. The number of hydrogen-bond donors (Lipinski definition) is 9. The first kappa shape index (κ1) is 74.5. The molecule has 2 heterocycles.